The van der Waals surface area contributed by atoms with E-state index in [9.17, 15) is 23.4 Å². The maximum absolute atomic E-state index is 12.9. The molecule has 2 aromatic rings. The van der Waals surface area contributed by atoms with E-state index in [1.165, 1.54) is 19.2 Å². The molecular formula is C21H21NO7S. The van der Waals surface area contributed by atoms with E-state index in [0.29, 0.717) is 22.6 Å². The van der Waals surface area contributed by atoms with Gasteiger partial charge in [-0.3, -0.25) is 0 Å². The van der Waals surface area contributed by atoms with Crippen LogP contribution in [0.25, 0.3) is 5.57 Å². The standard InChI is InChI=1S/C21H21NO7S/c1-11(21(24)25)14-4-3-5-15-18-17(29-20(14)15)10-16(23)19(18)22-30(26,27)13-8-6-12(28-2)7-9-13/h3-9,16-19,22-23H,1,10H2,2H3,(H,24,25). The van der Waals surface area contributed by atoms with E-state index >= 15 is 0 Å². The molecule has 1 fully saturated rings. The van der Waals surface area contributed by atoms with Crippen LogP contribution < -0.4 is 14.2 Å². The molecule has 4 rings (SSSR count). The lowest BCUT2D eigenvalue weighted by molar-refractivity contribution is -0.130. The molecule has 9 heteroatoms. The van der Waals surface area contributed by atoms with Gasteiger partial charge in [-0.05, 0) is 24.3 Å². The number of carbonyl (C=O) groups is 1. The maximum atomic E-state index is 12.9. The summed E-state index contributed by atoms with van der Waals surface area (Å²) in [6, 6.07) is 10.1. The van der Waals surface area contributed by atoms with Crippen LogP contribution in [0.2, 0.25) is 0 Å². The van der Waals surface area contributed by atoms with Crippen LogP contribution in [0.3, 0.4) is 0 Å². The summed E-state index contributed by atoms with van der Waals surface area (Å²) in [7, 11) is -2.43. The second-order valence-electron chi connectivity index (χ2n) is 7.32. The summed E-state index contributed by atoms with van der Waals surface area (Å²) >= 11 is 0. The van der Waals surface area contributed by atoms with Crippen molar-refractivity contribution < 1.29 is 32.9 Å². The van der Waals surface area contributed by atoms with Crippen molar-refractivity contribution in [1.82, 2.24) is 4.72 Å². The number of ether oxygens (including phenoxy) is 2. The predicted molar refractivity (Wildman–Crippen MR) is 108 cm³/mol. The first-order chi connectivity index (χ1) is 14.2. The van der Waals surface area contributed by atoms with Gasteiger partial charge in [-0.25, -0.2) is 17.9 Å². The topological polar surface area (TPSA) is 122 Å². The van der Waals surface area contributed by atoms with Crippen molar-refractivity contribution >= 4 is 21.6 Å². The number of hydrogen-bond donors (Lipinski definition) is 3. The highest BCUT2D eigenvalue weighted by atomic mass is 32.2. The maximum Gasteiger partial charge on any atom is 0.335 e. The Bertz CT molecular complexity index is 1110. The fourth-order valence-corrected chi connectivity index (χ4v) is 5.42. The van der Waals surface area contributed by atoms with Gasteiger partial charge in [-0.1, -0.05) is 24.8 Å². The van der Waals surface area contributed by atoms with Gasteiger partial charge in [-0.15, -0.1) is 0 Å². The van der Waals surface area contributed by atoms with Crippen molar-refractivity contribution in [3.8, 4) is 11.5 Å². The molecule has 1 aliphatic carbocycles. The molecule has 1 aliphatic heterocycles. The lowest BCUT2D eigenvalue weighted by atomic mass is 9.91. The number of aliphatic carboxylic acids is 1. The Balaban J connectivity index is 1.66. The van der Waals surface area contributed by atoms with E-state index in [2.05, 4.69) is 11.3 Å². The van der Waals surface area contributed by atoms with Crippen LogP contribution in [0, 0.1) is 0 Å². The Morgan fingerprint density at radius 3 is 2.57 bits per heavy atom. The molecule has 2 aliphatic rings. The Morgan fingerprint density at radius 2 is 1.93 bits per heavy atom. The van der Waals surface area contributed by atoms with Gasteiger partial charge >= 0.3 is 5.97 Å². The number of fused-ring (bicyclic) bond motifs is 3. The van der Waals surface area contributed by atoms with Crippen LogP contribution in [0.4, 0.5) is 0 Å². The number of benzene rings is 2. The van der Waals surface area contributed by atoms with Crippen molar-refractivity contribution in [2.45, 2.75) is 35.5 Å². The minimum Gasteiger partial charge on any atom is -0.497 e. The van der Waals surface area contributed by atoms with Crippen LogP contribution in [-0.4, -0.2) is 50.0 Å². The summed E-state index contributed by atoms with van der Waals surface area (Å²) < 4.78 is 39.4. The lowest BCUT2D eigenvalue weighted by Crippen LogP contribution is -2.43. The molecule has 0 spiro atoms. The lowest BCUT2D eigenvalue weighted by Gasteiger charge is -2.22. The number of carboxylic acid groups (broad SMARTS) is 1. The second kappa shape index (κ2) is 7.42. The van der Waals surface area contributed by atoms with Gasteiger partial charge in [0.2, 0.25) is 10.0 Å². The van der Waals surface area contributed by atoms with Crippen LogP contribution in [0.1, 0.15) is 23.5 Å². The monoisotopic (exact) mass is 431 g/mol. The molecule has 0 aromatic heterocycles. The normalized spacial score (nSPS) is 24.6. The number of nitrogens with one attached hydrogen (secondary N) is 1. The molecule has 3 N–H and O–H groups in total. The molecule has 0 bridgehead atoms. The van der Waals surface area contributed by atoms with Gasteiger partial charge in [0.15, 0.2) is 0 Å². The molecule has 1 heterocycles. The number of carboxylic acids is 1. The van der Waals surface area contributed by atoms with Crippen LogP contribution in [0.5, 0.6) is 11.5 Å². The molecule has 4 unspecified atom stereocenters. The van der Waals surface area contributed by atoms with Crippen molar-refractivity contribution in [1.29, 1.82) is 0 Å². The average molecular weight is 431 g/mol. The average Bonchev–Trinajstić information content (AvgIpc) is 3.22. The Hall–Kier alpha value is -2.88. The van der Waals surface area contributed by atoms with E-state index in [1.807, 2.05) is 0 Å². The molecule has 158 valence electrons. The third-order valence-electron chi connectivity index (χ3n) is 5.59. The number of sulfonamides is 1. The predicted octanol–water partition coefficient (Wildman–Crippen LogP) is 1.75. The highest BCUT2D eigenvalue weighted by Crippen LogP contribution is 2.49. The number of aliphatic hydroxyl groups is 1. The van der Waals surface area contributed by atoms with Gasteiger partial charge in [0.1, 0.15) is 17.6 Å². The molecule has 0 radical (unpaired) electrons. The van der Waals surface area contributed by atoms with E-state index in [-0.39, 0.29) is 16.9 Å². The number of hydrogen-bond acceptors (Lipinski definition) is 6. The minimum atomic E-state index is -3.92. The Labute approximate surface area is 173 Å². The summed E-state index contributed by atoms with van der Waals surface area (Å²) in [5.74, 6) is -0.718. The zero-order valence-electron chi connectivity index (χ0n) is 16.1. The third-order valence-corrected chi connectivity index (χ3v) is 7.07. The Kier molecular flexibility index (Phi) is 5.05. The number of methoxy groups -OCH3 is 1. The third kappa shape index (κ3) is 3.34. The first-order valence-electron chi connectivity index (χ1n) is 9.29. The van der Waals surface area contributed by atoms with Gasteiger partial charge in [-0.2, -0.15) is 0 Å². The fraction of sp³-hybridized carbons (Fsp3) is 0.286. The van der Waals surface area contributed by atoms with Crippen molar-refractivity contribution in [3.05, 3.63) is 60.2 Å². The van der Waals surface area contributed by atoms with E-state index in [1.54, 1.807) is 30.3 Å². The van der Waals surface area contributed by atoms with E-state index < -0.39 is 40.2 Å². The molecule has 4 atom stereocenters. The van der Waals surface area contributed by atoms with Crippen LogP contribution in [-0.2, 0) is 14.8 Å². The van der Waals surface area contributed by atoms with Gasteiger partial charge in [0, 0.05) is 23.5 Å². The number of rotatable bonds is 6. The van der Waals surface area contributed by atoms with Crippen molar-refractivity contribution in [3.63, 3.8) is 0 Å². The minimum absolute atomic E-state index is 0.0473. The smallest absolute Gasteiger partial charge is 0.335 e. The van der Waals surface area contributed by atoms with Crippen molar-refractivity contribution in [2.24, 2.45) is 0 Å². The molecule has 0 saturated heterocycles. The summed E-state index contributed by atoms with van der Waals surface area (Å²) in [5.41, 5.74) is 0.891. The summed E-state index contributed by atoms with van der Waals surface area (Å²) in [6.45, 7) is 3.59. The van der Waals surface area contributed by atoms with Gasteiger partial charge in [0.25, 0.3) is 0 Å². The SMILES string of the molecule is C=C(C(=O)O)c1cccc2c1OC1CC(O)C(NS(=O)(=O)c3ccc(OC)cc3)C21. The summed E-state index contributed by atoms with van der Waals surface area (Å²) in [5, 5.41) is 19.8. The highest BCUT2D eigenvalue weighted by Gasteiger charge is 2.51. The van der Waals surface area contributed by atoms with E-state index in [0.717, 1.165) is 0 Å². The molecule has 2 aromatic carbocycles. The number of para-hydroxylation sites is 1. The molecular weight excluding hydrogens is 410 g/mol. The second-order valence-corrected chi connectivity index (χ2v) is 9.03. The zero-order chi connectivity index (χ0) is 21.6. The zero-order valence-corrected chi connectivity index (χ0v) is 16.9. The van der Waals surface area contributed by atoms with Gasteiger partial charge < -0.3 is 19.7 Å². The largest absolute Gasteiger partial charge is 0.497 e. The first kappa shape index (κ1) is 20.4. The quantitative estimate of drug-likeness (QED) is 0.596. The van der Waals surface area contributed by atoms with Gasteiger partial charge in [0.05, 0.1) is 29.7 Å². The van der Waals surface area contributed by atoms with Crippen LogP contribution >= 0.6 is 0 Å². The Morgan fingerprint density at radius 1 is 1.23 bits per heavy atom. The highest BCUT2D eigenvalue weighted by molar-refractivity contribution is 7.89. The molecule has 1 saturated carbocycles. The molecule has 0 amide bonds. The summed E-state index contributed by atoms with van der Waals surface area (Å²) in [4.78, 5) is 11.4. The first-order valence-corrected chi connectivity index (χ1v) is 10.8. The molecule has 8 nitrogen and oxygen atoms in total. The fourth-order valence-electron chi connectivity index (χ4n) is 4.12. The number of aliphatic hydroxyl groups excluding tert-OH is 1. The van der Waals surface area contributed by atoms with Crippen LogP contribution in [0.15, 0.2) is 53.9 Å². The summed E-state index contributed by atoms with van der Waals surface area (Å²) in [6.07, 6.45) is -1.21. The van der Waals surface area contributed by atoms with Crippen molar-refractivity contribution in [2.75, 3.05) is 7.11 Å². The van der Waals surface area contributed by atoms with E-state index in [4.69, 9.17) is 9.47 Å². The molecule has 30 heavy (non-hydrogen) atoms.